The third-order valence-electron chi connectivity index (χ3n) is 2.69. The number of aryl methyl sites for hydroxylation is 2. The van der Waals surface area contributed by atoms with Gasteiger partial charge in [0.2, 0.25) is 0 Å². The minimum absolute atomic E-state index is 0.319. The van der Waals surface area contributed by atoms with E-state index in [1.54, 1.807) is 0 Å². The van der Waals surface area contributed by atoms with E-state index in [1.165, 1.54) is 16.7 Å². The van der Waals surface area contributed by atoms with Crippen molar-refractivity contribution in [3.05, 3.63) is 34.9 Å². The molecule has 1 rings (SSSR count). The molecule has 0 saturated heterocycles. The maximum absolute atomic E-state index is 5.69. The second-order valence-corrected chi connectivity index (χ2v) is 4.77. The van der Waals surface area contributed by atoms with E-state index in [0.29, 0.717) is 11.9 Å². The van der Waals surface area contributed by atoms with Crippen molar-refractivity contribution in [2.45, 2.75) is 39.2 Å². The summed E-state index contributed by atoms with van der Waals surface area (Å²) in [5.41, 5.74) is 6.83. The maximum Gasteiger partial charge on any atom is 0.0251 e. The van der Waals surface area contributed by atoms with Crippen molar-refractivity contribution >= 4 is 11.6 Å². The summed E-state index contributed by atoms with van der Waals surface area (Å²) in [6, 6.07) is 6.95. The molecule has 0 aliphatic rings. The van der Waals surface area contributed by atoms with E-state index in [2.05, 4.69) is 37.5 Å². The number of hydrogen-bond acceptors (Lipinski definition) is 2. The van der Waals surface area contributed by atoms with Gasteiger partial charge >= 0.3 is 0 Å². The van der Waals surface area contributed by atoms with E-state index in [-0.39, 0.29) is 0 Å². The maximum atomic E-state index is 5.69. The Hall–Kier alpha value is -0.570. The highest BCUT2D eigenvalue weighted by atomic mass is 35.5. The van der Waals surface area contributed by atoms with Gasteiger partial charge in [0.15, 0.2) is 0 Å². The van der Waals surface area contributed by atoms with Crippen LogP contribution < -0.4 is 11.3 Å². The summed E-state index contributed by atoms with van der Waals surface area (Å²) < 4.78 is 0. The molecule has 3 N–H and O–H groups in total. The highest BCUT2D eigenvalue weighted by Crippen LogP contribution is 2.12. The molecule has 0 aliphatic carbocycles. The topological polar surface area (TPSA) is 38.0 Å². The van der Waals surface area contributed by atoms with Crippen molar-refractivity contribution < 1.29 is 0 Å². The molecule has 1 atom stereocenters. The summed E-state index contributed by atoms with van der Waals surface area (Å²) in [5.74, 6) is 6.24. The number of nitrogens with one attached hydrogen (secondary N) is 1. The second kappa shape index (κ2) is 6.89. The van der Waals surface area contributed by atoms with Crippen molar-refractivity contribution in [1.82, 2.24) is 5.43 Å². The van der Waals surface area contributed by atoms with Crippen molar-refractivity contribution in [2.24, 2.45) is 5.84 Å². The van der Waals surface area contributed by atoms with Gasteiger partial charge < -0.3 is 0 Å². The first kappa shape index (κ1) is 13.5. The van der Waals surface area contributed by atoms with Gasteiger partial charge in [-0.3, -0.25) is 11.3 Å². The Balaban J connectivity index is 2.62. The van der Waals surface area contributed by atoms with Gasteiger partial charge in [0, 0.05) is 11.9 Å². The molecule has 0 saturated carbocycles. The Morgan fingerprint density at radius 3 is 2.38 bits per heavy atom. The molecule has 0 bridgehead atoms. The highest BCUT2D eigenvalue weighted by Gasteiger charge is 2.07. The summed E-state index contributed by atoms with van der Waals surface area (Å²) >= 11 is 5.69. The van der Waals surface area contributed by atoms with Crippen LogP contribution in [-0.2, 0) is 6.42 Å². The van der Waals surface area contributed by atoms with Crippen LogP contribution in [0.2, 0.25) is 0 Å². The molecule has 1 aromatic rings. The SMILES string of the molecule is Cc1cc(C)cc(CC(CCCCl)NN)c1. The quantitative estimate of drug-likeness (QED) is 0.456. The molecule has 0 spiro atoms. The molecule has 3 heteroatoms. The zero-order valence-electron chi connectivity index (χ0n) is 10.1. The summed E-state index contributed by atoms with van der Waals surface area (Å²) in [5, 5.41) is 0. The smallest absolute Gasteiger partial charge is 0.0251 e. The lowest BCUT2D eigenvalue weighted by Gasteiger charge is -2.16. The summed E-state index contributed by atoms with van der Waals surface area (Å²) in [6.45, 7) is 4.25. The highest BCUT2D eigenvalue weighted by molar-refractivity contribution is 6.17. The zero-order chi connectivity index (χ0) is 12.0. The number of rotatable bonds is 6. The Morgan fingerprint density at radius 2 is 1.88 bits per heavy atom. The number of benzene rings is 1. The fraction of sp³-hybridized carbons (Fsp3) is 0.538. The van der Waals surface area contributed by atoms with Gasteiger partial charge in [-0.2, -0.15) is 0 Å². The molecule has 0 aromatic heterocycles. The van der Waals surface area contributed by atoms with Crippen molar-refractivity contribution in [1.29, 1.82) is 0 Å². The normalized spacial score (nSPS) is 12.8. The molecule has 90 valence electrons. The van der Waals surface area contributed by atoms with Gasteiger partial charge in [-0.25, -0.2) is 0 Å². The minimum atomic E-state index is 0.319. The summed E-state index contributed by atoms with van der Waals surface area (Å²) in [6.07, 6.45) is 2.99. The molecule has 0 radical (unpaired) electrons. The number of alkyl halides is 1. The average Bonchev–Trinajstić information content (AvgIpc) is 2.22. The third kappa shape index (κ3) is 4.52. The number of nitrogens with two attached hydrogens (primary N) is 1. The first-order valence-corrected chi connectivity index (χ1v) is 6.28. The Bertz CT molecular complexity index is 305. The second-order valence-electron chi connectivity index (χ2n) is 4.39. The molecular weight excluding hydrogens is 220 g/mol. The molecule has 0 fully saturated rings. The van der Waals surface area contributed by atoms with E-state index in [9.17, 15) is 0 Å². The Morgan fingerprint density at radius 1 is 1.25 bits per heavy atom. The van der Waals surface area contributed by atoms with Gasteiger partial charge in [-0.1, -0.05) is 29.3 Å². The molecule has 2 nitrogen and oxygen atoms in total. The van der Waals surface area contributed by atoms with E-state index in [0.717, 1.165) is 19.3 Å². The van der Waals surface area contributed by atoms with Gasteiger partial charge in [0.05, 0.1) is 0 Å². The average molecular weight is 241 g/mol. The zero-order valence-corrected chi connectivity index (χ0v) is 10.8. The van der Waals surface area contributed by atoms with Crippen LogP contribution >= 0.6 is 11.6 Å². The van der Waals surface area contributed by atoms with Crippen LogP contribution in [0.3, 0.4) is 0 Å². The van der Waals surface area contributed by atoms with Gasteiger partial charge in [-0.05, 0) is 38.7 Å². The summed E-state index contributed by atoms with van der Waals surface area (Å²) in [4.78, 5) is 0. The monoisotopic (exact) mass is 240 g/mol. The third-order valence-corrected chi connectivity index (χ3v) is 2.95. The largest absolute Gasteiger partial charge is 0.271 e. The predicted octanol–water partition coefficient (Wildman–Crippen LogP) is 2.70. The standard InChI is InChI=1S/C13H21ClN2/c1-10-6-11(2)8-12(7-10)9-13(16-15)4-3-5-14/h6-8,13,16H,3-5,9,15H2,1-2H3. The van der Waals surface area contributed by atoms with E-state index < -0.39 is 0 Å². The molecule has 1 aromatic carbocycles. The minimum Gasteiger partial charge on any atom is -0.271 e. The van der Waals surface area contributed by atoms with Crippen LogP contribution in [0.25, 0.3) is 0 Å². The molecular formula is C13H21ClN2. The molecule has 0 amide bonds. The lowest BCUT2D eigenvalue weighted by molar-refractivity contribution is 0.487. The molecule has 0 heterocycles. The van der Waals surface area contributed by atoms with E-state index in [4.69, 9.17) is 17.4 Å². The lowest BCUT2D eigenvalue weighted by atomic mass is 9.99. The fourth-order valence-corrected chi connectivity index (χ4v) is 2.19. The Kier molecular flexibility index (Phi) is 5.81. The van der Waals surface area contributed by atoms with Crippen molar-refractivity contribution in [3.63, 3.8) is 0 Å². The van der Waals surface area contributed by atoms with Gasteiger partial charge in [0.1, 0.15) is 0 Å². The number of hydrogen-bond donors (Lipinski definition) is 2. The summed E-state index contributed by atoms with van der Waals surface area (Å²) in [7, 11) is 0. The van der Waals surface area contributed by atoms with Crippen LogP contribution in [0.15, 0.2) is 18.2 Å². The van der Waals surface area contributed by atoms with Crippen LogP contribution in [0.5, 0.6) is 0 Å². The van der Waals surface area contributed by atoms with Gasteiger partial charge in [0.25, 0.3) is 0 Å². The van der Waals surface area contributed by atoms with E-state index >= 15 is 0 Å². The van der Waals surface area contributed by atoms with E-state index in [1.807, 2.05) is 0 Å². The first-order valence-electron chi connectivity index (χ1n) is 5.75. The predicted molar refractivity (Wildman–Crippen MR) is 70.7 cm³/mol. The molecule has 0 aliphatic heterocycles. The van der Waals surface area contributed by atoms with Crippen molar-refractivity contribution in [3.8, 4) is 0 Å². The van der Waals surface area contributed by atoms with Crippen LogP contribution in [0, 0.1) is 13.8 Å². The Labute approximate surface area is 103 Å². The number of hydrazine groups is 1. The first-order chi connectivity index (χ1) is 7.65. The number of halogens is 1. The fourth-order valence-electron chi connectivity index (χ4n) is 2.04. The van der Waals surface area contributed by atoms with Crippen LogP contribution in [0.4, 0.5) is 0 Å². The van der Waals surface area contributed by atoms with Gasteiger partial charge in [-0.15, -0.1) is 11.6 Å². The lowest BCUT2D eigenvalue weighted by Crippen LogP contribution is -2.36. The molecule has 16 heavy (non-hydrogen) atoms. The van der Waals surface area contributed by atoms with Crippen LogP contribution in [-0.4, -0.2) is 11.9 Å². The van der Waals surface area contributed by atoms with Crippen molar-refractivity contribution in [2.75, 3.05) is 5.88 Å². The van der Waals surface area contributed by atoms with Crippen LogP contribution in [0.1, 0.15) is 29.5 Å². The molecule has 1 unspecified atom stereocenters.